The first-order valence-electron chi connectivity index (χ1n) is 3.64. The number of para-hydroxylation sites is 1. The number of benzene rings is 1. The zero-order valence-corrected chi connectivity index (χ0v) is 7.25. The molecule has 62 valence electrons. The lowest BCUT2D eigenvalue weighted by atomic mass is 10.3. The Kier molecular flexibility index (Phi) is 3.43. The molecule has 1 rings (SSSR count). The molecule has 2 nitrogen and oxygen atoms in total. The number of nitriles is 1. The quantitative estimate of drug-likeness (QED) is 0.725. The largest absolute Gasteiger partial charge is 0.369 e. The Labute approximate surface area is 76.8 Å². The molecule has 1 aromatic carbocycles. The van der Waals surface area contributed by atoms with Gasteiger partial charge in [-0.25, -0.2) is 0 Å². The number of hydrogen-bond donors (Lipinski definition) is 1. The van der Waals surface area contributed by atoms with Crippen molar-refractivity contribution >= 4 is 17.3 Å². The van der Waals surface area contributed by atoms with Crippen LogP contribution >= 0.6 is 11.6 Å². The molecule has 0 spiro atoms. The second-order valence-corrected chi connectivity index (χ2v) is 2.65. The summed E-state index contributed by atoms with van der Waals surface area (Å²) in [6.07, 6.45) is 0. The minimum Gasteiger partial charge on any atom is -0.369 e. The molecule has 0 heterocycles. The smallest absolute Gasteiger partial charge is 0.128 e. The standard InChI is InChI=1S/C9H9ClN2/c10-6-9(7-11)12-8-4-2-1-3-5-8/h1-5,9,12H,6H2. The van der Waals surface area contributed by atoms with Gasteiger partial charge in [-0.2, -0.15) is 5.26 Å². The van der Waals surface area contributed by atoms with Gasteiger partial charge in [0, 0.05) is 5.69 Å². The summed E-state index contributed by atoms with van der Waals surface area (Å²) in [6.45, 7) is 0. The lowest BCUT2D eigenvalue weighted by Gasteiger charge is -2.08. The van der Waals surface area contributed by atoms with Crippen molar-refractivity contribution in [2.24, 2.45) is 0 Å². The topological polar surface area (TPSA) is 35.8 Å². The average Bonchev–Trinajstić information content (AvgIpc) is 2.16. The molecule has 0 bridgehead atoms. The number of halogens is 1. The predicted octanol–water partition coefficient (Wildman–Crippen LogP) is 2.23. The third-order valence-corrected chi connectivity index (χ3v) is 1.73. The molecule has 0 fully saturated rings. The van der Waals surface area contributed by atoms with Crippen molar-refractivity contribution in [3.8, 4) is 6.07 Å². The molecule has 0 saturated heterocycles. The van der Waals surface area contributed by atoms with Gasteiger partial charge in [0.2, 0.25) is 0 Å². The molecule has 0 radical (unpaired) electrons. The van der Waals surface area contributed by atoms with Crippen molar-refractivity contribution in [1.82, 2.24) is 0 Å². The Morgan fingerprint density at radius 3 is 2.58 bits per heavy atom. The summed E-state index contributed by atoms with van der Waals surface area (Å²) in [5, 5.41) is 11.6. The van der Waals surface area contributed by atoms with Crippen molar-refractivity contribution in [2.45, 2.75) is 6.04 Å². The van der Waals surface area contributed by atoms with Crippen LogP contribution in [0, 0.1) is 11.3 Å². The van der Waals surface area contributed by atoms with E-state index >= 15 is 0 Å². The van der Waals surface area contributed by atoms with E-state index in [-0.39, 0.29) is 6.04 Å². The van der Waals surface area contributed by atoms with Crippen LogP contribution in [-0.2, 0) is 0 Å². The van der Waals surface area contributed by atoms with E-state index in [4.69, 9.17) is 16.9 Å². The molecule has 3 heteroatoms. The Hall–Kier alpha value is -1.20. The first-order valence-corrected chi connectivity index (χ1v) is 4.17. The highest BCUT2D eigenvalue weighted by molar-refractivity contribution is 6.18. The van der Waals surface area contributed by atoms with Crippen molar-refractivity contribution < 1.29 is 0 Å². The van der Waals surface area contributed by atoms with Gasteiger partial charge in [0.1, 0.15) is 6.04 Å². The normalized spacial score (nSPS) is 11.7. The summed E-state index contributed by atoms with van der Waals surface area (Å²) >= 11 is 5.53. The second-order valence-electron chi connectivity index (χ2n) is 2.35. The number of alkyl halides is 1. The molecular formula is C9H9ClN2. The lowest BCUT2D eigenvalue weighted by molar-refractivity contribution is 1.02. The van der Waals surface area contributed by atoms with Crippen LogP contribution in [-0.4, -0.2) is 11.9 Å². The SMILES string of the molecule is N#CC(CCl)Nc1ccccc1. The summed E-state index contributed by atoms with van der Waals surface area (Å²) in [4.78, 5) is 0. The van der Waals surface area contributed by atoms with Crippen LogP contribution in [0.1, 0.15) is 0 Å². The minimum absolute atomic E-state index is 0.297. The van der Waals surface area contributed by atoms with E-state index in [1.54, 1.807) is 0 Å². The van der Waals surface area contributed by atoms with E-state index in [9.17, 15) is 0 Å². The maximum absolute atomic E-state index is 8.59. The number of rotatable bonds is 3. The number of nitrogens with one attached hydrogen (secondary N) is 1. The predicted molar refractivity (Wildman–Crippen MR) is 50.2 cm³/mol. The first kappa shape index (κ1) is 8.89. The van der Waals surface area contributed by atoms with Crippen LogP contribution < -0.4 is 5.32 Å². The summed E-state index contributed by atoms with van der Waals surface area (Å²) in [5.41, 5.74) is 0.921. The highest BCUT2D eigenvalue weighted by atomic mass is 35.5. The van der Waals surface area contributed by atoms with Gasteiger partial charge in [-0.05, 0) is 12.1 Å². The molecular weight excluding hydrogens is 172 g/mol. The second kappa shape index (κ2) is 4.63. The Morgan fingerprint density at radius 2 is 2.08 bits per heavy atom. The highest BCUT2D eigenvalue weighted by Crippen LogP contribution is 2.07. The number of hydrogen-bond acceptors (Lipinski definition) is 2. The molecule has 0 aliphatic carbocycles. The van der Waals surface area contributed by atoms with Crippen molar-refractivity contribution in [1.29, 1.82) is 5.26 Å². The fourth-order valence-corrected chi connectivity index (χ4v) is 0.987. The molecule has 0 saturated carbocycles. The van der Waals surface area contributed by atoms with Crippen molar-refractivity contribution in [3.05, 3.63) is 30.3 Å². The van der Waals surface area contributed by atoms with E-state index < -0.39 is 0 Å². The molecule has 1 N–H and O–H groups in total. The fraction of sp³-hybridized carbons (Fsp3) is 0.222. The van der Waals surface area contributed by atoms with Gasteiger partial charge in [0.25, 0.3) is 0 Å². The fourth-order valence-electron chi connectivity index (χ4n) is 0.841. The van der Waals surface area contributed by atoms with Gasteiger partial charge >= 0.3 is 0 Å². The molecule has 1 aromatic rings. The average molecular weight is 181 g/mol. The van der Waals surface area contributed by atoms with Gasteiger partial charge in [0.15, 0.2) is 0 Å². The van der Waals surface area contributed by atoms with Crippen LogP contribution in [0.25, 0.3) is 0 Å². The van der Waals surface area contributed by atoms with Crippen LogP contribution in [0.5, 0.6) is 0 Å². The van der Waals surface area contributed by atoms with E-state index in [0.717, 1.165) is 5.69 Å². The van der Waals surface area contributed by atoms with E-state index in [0.29, 0.717) is 5.88 Å². The van der Waals surface area contributed by atoms with E-state index in [1.165, 1.54) is 0 Å². The molecule has 0 aliphatic rings. The molecule has 0 aromatic heterocycles. The third kappa shape index (κ3) is 2.44. The lowest BCUT2D eigenvalue weighted by Crippen LogP contribution is -2.18. The molecule has 0 amide bonds. The Balaban J connectivity index is 2.58. The summed E-state index contributed by atoms with van der Waals surface area (Å²) < 4.78 is 0. The maximum atomic E-state index is 8.59. The van der Waals surface area contributed by atoms with Crippen molar-refractivity contribution in [2.75, 3.05) is 11.2 Å². The number of anilines is 1. The zero-order valence-electron chi connectivity index (χ0n) is 6.50. The van der Waals surface area contributed by atoms with Gasteiger partial charge in [-0.3, -0.25) is 0 Å². The first-order chi connectivity index (χ1) is 5.86. The molecule has 1 unspecified atom stereocenters. The molecule has 1 atom stereocenters. The minimum atomic E-state index is -0.311. The monoisotopic (exact) mass is 180 g/mol. The van der Waals surface area contributed by atoms with Gasteiger partial charge < -0.3 is 5.32 Å². The van der Waals surface area contributed by atoms with Crippen LogP contribution in [0.15, 0.2) is 30.3 Å². The summed E-state index contributed by atoms with van der Waals surface area (Å²) in [5.74, 6) is 0.297. The third-order valence-electron chi connectivity index (χ3n) is 1.42. The van der Waals surface area contributed by atoms with E-state index in [2.05, 4.69) is 11.4 Å². The van der Waals surface area contributed by atoms with E-state index in [1.807, 2.05) is 30.3 Å². The van der Waals surface area contributed by atoms with Gasteiger partial charge in [-0.15, -0.1) is 11.6 Å². The van der Waals surface area contributed by atoms with Crippen molar-refractivity contribution in [3.63, 3.8) is 0 Å². The van der Waals surface area contributed by atoms with Crippen LogP contribution in [0.2, 0.25) is 0 Å². The maximum Gasteiger partial charge on any atom is 0.128 e. The molecule has 12 heavy (non-hydrogen) atoms. The Bertz CT molecular complexity index is 266. The van der Waals surface area contributed by atoms with Crippen LogP contribution in [0.3, 0.4) is 0 Å². The van der Waals surface area contributed by atoms with Gasteiger partial charge in [-0.1, -0.05) is 18.2 Å². The summed E-state index contributed by atoms with van der Waals surface area (Å²) in [7, 11) is 0. The zero-order chi connectivity index (χ0) is 8.81. The Morgan fingerprint density at radius 1 is 1.42 bits per heavy atom. The van der Waals surface area contributed by atoms with Gasteiger partial charge in [0.05, 0.1) is 11.9 Å². The highest BCUT2D eigenvalue weighted by Gasteiger charge is 2.02. The number of nitrogens with zero attached hydrogens (tertiary/aromatic N) is 1. The molecule has 0 aliphatic heterocycles. The summed E-state index contributed by atoms with van der Waals surface area (Å²) in [6, 6.07) is 11.3. The van der Waals surface area contributed by atoms with Crippen LogP contribution in [0.4, 0.5) is 5.69 Å².